The minimum Gasteiger partial charge on any atom is -0.305 e. The number of hydrogen-bond acceptors (Lipinski definition) is 2. The molecule has 1 N–H and O–H groups in total. The number of carbonyl (C=O) groups is 1. The summed E-state index contributed by atoms with van der Waals surface area (Å²) in [6.07, 6.45) is 0. The van der Waals surface area contributed by atoms with Gasteiger partial charge in [0.2, 0.25) is 0 Å². The van der Waals surface area contributed by atoms with Gasteiger partial charge in [0.1, 0.15) is 0 Å². The SMILES string of the molecule is CCNC(C)(C)C(=O)c1ccc(C(C)(C)C)cc1. The Kier molecular flexibility index (Phi) is 4.33. The molecule has 2 heteroatoms. The molecule has 0 saturated heterocycles. The Balaban J connectivity index is 2.96. The van der Waals surface area contributed by atoms with Gasteiger partial charge in [0.05, 0.1) is 5.54 Å². The third-order valence-electron chi connectivity index (χ3n) is 3.20. The second-order valence-electron chi connectivity index (χ2n) is 6.31. The first kappa shape index (κ1) is 14.9. The van der Waals surface area contributed by atoms with Crippen LogP contribution in [0.1, 0.15) is 57.5 Å². The van der Waals surface area contributed by atoms with Crippen LogP contribution in [0.4, 0.5) is 0 Å². The normalized spacial score (nSPS) is 12.6. The summed E-state index contributed by atoms with van der Waals surface area (Å²) in [5.74, 6) is 0.143. The van der Waals surface area contributed by atoms with E-state index in [1.165, 1.54) is 5.56 Å². The molecule has 18 heavy (non-hydrogen) atoms. The minimum atomic E-state index is -0.502. The predicted molar refractivity (Wildman–Crippen MR) is 77.2 cm³/mol. The zero-order chi connectivity index (χ0) is 14.0. The Morgan fingerprint density at radius 2 is 1.56 bits per heavy atom. The van der Waals surface area contributed by atoms with Gasteiger partial charge in [-0.3, -0.25) is 4.79 Å². The molecule has 0 saturated carbocycles. The van der Waals surface area contributed by atoms with Gasteiger partial charge in [-0.05, 0) is 31.4 Å². The standard InChI is InChI=1S/C16H25NO/c1-7-17-16(5,6)14(18)12-8-10-13(11-9-12)15(2,3)4/h8-11,17H,7H2,1-6H3. The van der Waals surface area contributed by atoms with Crippen molar-refractivity contribution in [3.8, 4) is 0 Å². The summed E-state index contributed by atoms with van der Waals surface area (Å²) in [4.78, 5) is 12.4. The lowest BCUT2D eigenvalue weighted by atomic mass is 9.85. The van der Waals surface area contributed by atoms with Gasteiger partial charge in [-0.2, -0.15) is 0 Å². The highest BCUT2D eigenvalue weighted by Gasteiger charge is 2.27. The largest absolute Gasteiger partial charge is 0.305 e. The molecule has 0 aliphatic carbocycles. The molecule has 0 bridgehead atoms. The van der Waals surface area contributed by atoms with Gasteiger partial charge in [0, 0.05) is 5.56 Å². The summed E-state index contributed by atoms with van der Waals surface area (Å²) in [6, 6.07) is 7.97. The first-order valence-corrected chi connectivity index (χ1v) is 6.59. The van der Waals surface area contributed by atoms with Crippen LogP contribution in [0, 0.1) is 0 Å². The summed E-state index contributed by atoms with van der Waals surface area (Å²) in [5.41, 5.74) is 1.64. The van der Waals surface area contributed by atoms with Crippen LogP contribution in [0.15, 0.2) is 24.3 Å². The number of carbonyl (C=O) groups excluding carboxylic acids is 1. The molecule has 0 aliphatic heterocycles. The summed E-state index contributed by atoms with van der Waals surface area (Å²) >= 11 is 0. The number of Topliss-reactive ketones (excluding diaryl/α,β-unsaturated/α-hetero) is 1. The van der Waals surface area contributed by atoms with Gasteiger partial charge in [-0.1, -0.05) is 52.0 Å². The smallest absolute Gasteiger partial charge is 0.182 e. The van der Waals surface area contributed by atoms with Gasteiger partial charge in [-0.25, -0.2) is 0 Å². The fraction of sp³-hybridized carbons (Fsp3) is 0.562. The van der Waals surface area contributed by atoms with Crippen molar-refractivity contribution in [1.29, 1.82) is 0 Å². The van der Waals surface area contributed by atoms with Gasteiger partial charge >= 0.3 is 0 Å². The molecule has 0 heterocycles. The predicted octanol–water partition coefficient (Wildman–Crippen LogP) is 3.55. The molecule has 0 amide bonds. The minimum absolute atomic E-state index is 0.124. The summed E-state index contributed by atoms with van der Waals surface area (Å²) in [7, 11) is 0. The van der Waals surface area contributed by atoms with E-state index in [1.807, 2.05) is 32.9 Å². The van der Waals surface area contributed by atoms with Crippen LogP contribution >= 0.6 is 0 Å². The van der Waals surface area contributed by atoms with Crippen molar-refractivity contribution < 1.29 is 4.79 Å². The second kappa shape index (κ2) is 5.23. The number of benzene rings is 1. The molecule has 0 fully saturated rings. The lowest BCUT2D eigenvalue weighted by Crippen LogP contribution is -2.46. The van der Waals surface area contributed by atoms with E-state index in [4.69, 9.17) is 0 Å². The number of nitrogens with one attached hydrogen (secondary N) is 1. The van der Waals surface area contributed by atoms with Crippen molar-refractivity contribution in [2.45, 2.75) is 52.5 Å². The maximum atomic E-state index is 12.4. The quantitative estimate of drug-likeness (QED) is 0.824. The third kappa shape index (κ3) is 3.42. The van der Waals surface area contributed by atoms with Crippen molar-refractivity contribution in [2.75, 3.05) is 6.54 Å². The monoisotopic (exact) mass is 247 g/mol. The highest BCUT2D eigenvalue weighted by Crippen LogP contribution is 2.23. The molecule has 1 aromatic rings. The molecule has 0 aromatic heterocycles. The lowest BCUT2D eigenvalue weighted by Gasteiger charge is -2.25. The number of likely N-dealkylation sites (N-methyl/N-ethyl adjacent to an activating group) is 1. The van der Waals surface area contributed by atoms with E-state index in [1.54, 1.807) is 0 Å². The molecular weight excluding hydrogens is 222 g/mol. The Morgan fingerprint density at radius 1 is 1.06 bits per heavy atom. The van der Waals surface area contributed by atoms with Gasteiger partial charge < -0.3 is 5.32 Å². The molecule has 100 valence electrons. The number of ketones is 1. The van der Waals surface area contributed by atoms with Crippen LogP contribution in [0.5, 0.6) is 0 Å². The van der Waals surface area contributed by atoms with Crippen LogP contribution in [-0.2, 0) is 5.41 Å². The van der Waals surface area contributed by atoms with Gasteiger partial charge in [-0.15, -0.1) is 0 Å². The van der Waals surface area contributed by atoms with Crippen molar-refractivity contribution in [1.82, 2.24) is 5.32 Å². The molecule has 1 aromatic carbocycles. The Bertz CT molecular complexity index is 410. The van der Waals surface area contributed by atoms with Crippen LogP contribution in [0.2, 0.25) is 0 Å². The lowest BCUT2D eigenvalue weighted by molar-refractivity contribution is 0.0884. The van der Waals surface area contributed by atoms with Crippen molar-refractivity contribution >= 4 is 5.78 Å². The molecule has 0 unspecified atom stereocenters. The summed E-state index contributed by atoms with van der Waals surface area (Å²) in [6.45, 7) is 13.2. The first-order valence-electron chi connectivity index (χ1n) is 6.59. The van der Waals surface area contributed by atoms with E-state index in [9.17, 15) is 4.79 Å². The topological polar surface area (TPSA) is 29.1 Å². The highest BCUT2D eigenvalue weighted by atomic mass is 16.1. The molecule has 0 atom stereocenters. The van der Waals surface area contributed by atoms with Crippen LogP contribution in [0.3, 0.4) is 0 Å². The fourth-order valence-corrected chi connectivity index (χ4v) is 2.00. The van der Waals surface area contributed by atoms with Crippen LogP contribution in [-0.4, -0.2) is 17.9 Å². The maximum absolute atomic E-state index is 12.4. The first-order chi connectivity index (χ1) is 8.18. The van der Waals surface area contributed by atoms with E-state index in [2.05, 4.69) is 38.2 Å². The number of hydrogen-bond donors (Lipinski definition) is 1. The van der Waals surface area contributed by atoms with E-state index in [0.29, 0.717) is 0 Å². The van der Waals surface area contributed by atoms with Crippen LogP contribution < -0.4 is 5.32 Å². The van der Waals surface area contributed by atoms with E-state index in [0.717, 1.165) is 12.1 Å². The van der Waals surface area contributed by atoms with Crippen molar-refractivity contribution in [3.05, 3.63) is 35.4 Å². The average molecular weight is 247 g/mol. The summed E-state index contributed by atoms with van der Waals surface area (Å²) < 4.78 is 0. The highest BCUT2D eigenvalue weighted by molar-refractivity contribution is 6.02. The van der Waals surface area contributed by atoms with E-state index in [-0.39, 0.29) is 11.2 Å². The van der Waals surface area contributed by atoms with Crippen molar-refractivity contribution in [2.24, 2.45) is 0 Å². The number of rotatable bonds is 4. The Hall–Kier alpha value is -1.15. The molecule has 2 nitrogen and oxygen atoms in total. The zero-order valence-corrected chi connectivity index (χ0v) is 12.4. The third-order valence-corrected chi connectivity index (χ3v) is 3.20. The molecule has 0 spiro atoms. The zero-order valence-electron chi connectivity index (χ0n) is 12.4. The molecule has 0 radical (unpaired) electrons. The van der Waals surface area contributed by atoms with Crippen molar-refractivity contribution in [3.63, 3.8) is 0 Å². The average Bonchev–Trinajstić information content (AvgIpc) is 2.27. The van der Waals surface area contributed by atoms with Gasteiger partial charge in [0.15, 0.2) is 5.78 Å². The second-order valence-corrected chi connectivity index (χ2v) is 6.31. The Morgan fingerprint density at radius 3 is 1.94 bits per heavy atom. The molecular formula is C16H25NO. The fourth-order valence-electron chi connectivity index (χ4n) is 2.00. The van der Waals surface area contributed by atoms with E-state index < -0.39 is 5.54 Å². The van der Waals surface area contributed by atoms with Crippen LogP contribution in [0.25, 0.3) is 0 Å². The maximum Gasteiger partial charge on any atom is 0.182 e. The molecule has 1 rings (SSSR count). The van der Waals surface area contributed by atoms with Gasteiger partial charge in [0.25, 0.3) is 0 Å². The summed E-state index contributed by atoms with van der Waals surface area (Å²) in [5, 5.41) is 3.22. The van der Waals surface area contributed by atoms with E-state index >= 15 is 0 Å². The molecule has 0 aliphatic rings. The Labute approximate surface area is 111 Å².